The molecular formula is C15H21BrN4O2. The molecule has 2 heterocycles. The number of hydrogen-bond acceptors (Lipinski definition) is 4. The van der Waals surface area contributed by atoms with Gasteiger partial charge in [0.15, 0.2) is 5.65 Å². The van der Waals surface area contributed by atoms with Crippen molar-refractivity contribution >= 4 is 33.5 Å². The molecule has 0 saturated carbocycles. The molecule has 120 valence electrons. The van der Waals surface area contributed by atoms with Crippen LogP contribution >= 0.6 is 15.9 Å². The van der Waals surface area contributed by atoms with Crippen LogP contribution in [-0.4, -0.2) is 32.8 Å². The van der Waals surface area contributed by atoms with Gasteiger partial charge >= 0.3 is 6.09 Å². The lowest BCUT2D eigenvalue weighted by Crippen LogP contribution is -2.39. The van der Waals surface area contributed by atoms with Crippen LogP contribution in [0.15, 0.2) is 22.9 Å². The molecule has 0 saturated heterocycles. The standard InChI is InChI=1S/C15H21BrN4O2/c1-10(2)9-19(14(21)22-15(3,4)5)12-6-7-20-13(18-12)11(16)8-17-20/h6-8,10H,9H2,1-5H3. The fraction of sp³-hybridized carbons (Fsp3) is 0.533. The Hall–Kier alpha value is -1.63. The van der Waals surface area contributed by atoms with Crippen molar-refractivity contribution in [3.05, 3.63) is 22.9 Å². The van der Waals surface area contributed by atoms with Gasteiger partial charge in [-0.15, -0.1) is 0 Å². The van der Waals surface area contributed by atoms with Gasteiger partial charge in [0, 0.05) is 12.7 Å². The molecule has 0 atom stereocenters. The van der Waals surface area contributed by atoms with Gasteiger partial charge in [-0.3, -0.25) is 4.90 Å². The highest BCUT2D eigenvalue weighted by atomic mass is 79.9. The first-order chi connectivity index (χ1) is 10.2. The molecule has 0 bridgehead atoms. The Kier molecular flexibility index (Phi) is 4.75. The SMILES string of the molecule is CC(C)CN(C(=O)OC(C)(C)C)c1ccn2ncc(Br)c2n1. The number of carbonyl (C=O) groups excluding carboxylic acids is 1. The van der Waals surface area contributed by atoms with Gasteiger partial charge in [-0.1, -0.05) is 13.8 Å². The lowest BCUT2D eigenvalue weighted by molar-refractivity contribution is 0.0575. The second-order valence-corrected chi connectivity index (χ2v) is 7.39. The maximum absolute atomic E-state index is 12.5. The van der Waals surface area contributed by atoms with Gasteiger partial charge in [-0.05, 0) is 48.7 Å². The van der Waals surface area contributed by atoms with Crippen molar-refractivity contribution < 1.29 is 9.53 Å². The normalized spacial score (nSPS) is 12.0. The first-order valence-corrected chi connectivity index (χ1v) is 7.97. The van der Waals surface area contributed by atoms with Crippen LogP contribution in [0.5, 0.6) is 0 Å². The lowest BCUT2D eigenvalue weighted by atomic mass is 10.2. The van der Waals surface area contributed by atoms with Gasteiger partial charge < -0.3 is 4.74 Å². The van der Waals surface area contributed by atoms with E-state index < -0.39 is 11.7 Å². The zero-order valence-corrected chi connectivity index (χ0v) is 15.1. The van der Waals surface area contributed by atoms with E-state index in [1.165, 1.54) is 0 Å². The molecule has 2 aromatic rings. The number of amides is 1. The average molecular weight is 369 g/mol. The molecule has 6 nitrogen and oxygen atoms in total. The number of aromatic nitrogens is 3. The van der Waals surface area contributed by atoms with E-state index in [4.69, 9.17) is 4.74 Å². The van der Waals surface area contributed by atoms with Crippen LogP contribution in [-0.2, 0) is 4.74 Å². The highest BCUT2D eigenvalue weighted by molar-refractivity contribution is 9.10. The van der Waals surface area contributed by atoms with Gasteiger partial charge in [0.05, 0.1) is 10.7 Å². The number of anilines is 1. The van der Waals surface area contributed by atoms with Crippen molar-refractivity contribution in [3.8, 4) is 0 Å². The maximum atomic E-state index is 12.5. The number of ether oxygens (including phenoxy) is 1. The van der Waals surface area contributed by atoms with Gasteiger partial charge in [0.25, 0.3) is 0 Å². The number of fused-ring (bicyclic) bond motifs is 1. The number of carbonyl (C=O) groups is 1. The van der Waals surface area contributed by atoms with Crippen molar-refractivity contribution in [2.24, 2.45) is 5.92 Å². The third-order valence-corrected chi connectivity index (χ3v) is 3.31. The molecule has 0 aliphatic rings. The second kappa shape index (κ2) is 6.24. The summed E-state index contributed by atoms with van der Waals surface area (Å²) in [7, 11) is 0. The van der Waals surface area contributed by atoms with Crippen LogP contribution in [0.4, 0.5) is 10.6 Å². The van der Waals surface area contributed by atoms with Crippen molar-refractivity contribution in [1.29, 1.82) is 0 Å². The molecule has 0 aliphatic carbocycles. The largest absolute Gasteiger partial charge is 0.443 e. The van der Waals surface area contributed by atoms with E-state index in [0.29, 0.717) is 23.9 Å². The van der Waals surface area contributed by atoms with Crippen LogP contribution in [0.3, 0.4) is 0 Å². The minimum atomic E-state index is -0.548. The van der Waals surface area contributed by atoms with Crippen molar-refractivity contribution in [3.63, 3.8) is 0 Å². The molecule has 0 fully saturated rings. The molecule has 2 aromatic heterocycles. The van der Waals surface area contributed by atoms with E-state index in [0.717, 1.165) is 4.47 Å². The van der Waals surface area contributed by atoms with Crippen LogP contribution in [0, 0.1) is 5.92 Å². The van der Waals surface area contributed by atoms with E-state index >= 15 is 0 Å². The first-order valence-electron chi connectivity index (χ1n) is 7.18. The fourth-order valence-corrected chi connectivity index (χ4v) is 2.29. The predicted octanol–water partition coefficient (Wildman–Crippen LogP) is 3.89. The van der Waals surface area contributed by atoms with Gasteiger partial charge in [0.2, 0.25) is 0 Å². The highest BCUT2D eigenvalue weighted by Gasteiger charge is 2.25. The van der Waals surface area contributed by atoms with E-state index in [1.807, 2.05) is 34.6 Å². The van der Waals surface area contributed by atoms with Gasteiger partial charge in [0.1, 0.15) is 11.4 Å². The Morgan fingerprint density at radius 2 is 2.14 bits per heavy atom. The van der Waals surface area contributed by atoms with E-state index in [9.17, 15) is 4.79 Å². The Morgan fingerprint density at radius 1 is 1.45 bits per heavy atom. The summed E-state index contributed by atoms with van der Waals surface area (Å²) < 4.78 is 7.92. The number of halogens is 1. The number of nitrogens with zero attached hydrogens (tertiary/aromatic N) is 4. The minimum absolute atomic E-state index is 0.291. The Bertz CT molecular complexity index is 676. The zero-order chi connectivity index (χ0) is 16.5. The molecule has 0 N–H and O–H groups in total. The molecule has 0 spiro atoms. The summed E-state index contributed by atoms with van der Waals surface area (Å²) in [5.41, 5.74) is 0.114. The Labute approximate surface area is 138 Å². The Balaban J connectivity index is 2.38. The summed E-state index contributed by atoms with van der Waals surface area (Å²) in [6, 6.07) is 1.76. The summed E-state index contributed by atoms with van der Waals surface area (Å²) in [4.78, 5) is 18.6. The van der Waals surface area contributed by atoms with Crippen LogP contribution in [0.1, 0.15) is 34.6 Å². The molecule has 1 amide bonds. The minimum Gasteiger partial charge on any atom is -0.443 e. The zero-order valence-electron chi connectivity index (χ0n) is 13.5. The second-order valence-electron chi connectivity index (χ2n) is 6.53. The smallest absolute Gasteiger partial charge is 0.416 e. The van der Waals surface area contributed by atoms with E-state index in [1.54, 1.807) is 27.9 Å². The summed E-state index contributed by atoms with van der Waals surface area (Å²) >= 11 is 3.41. The van der Waals surface area contributed by atoms with E-state index in [2.05, 4.69) is 26.0 Å². The molecule has 0 aromatic carbocycles. The van der Waals surface area contributed by atoms with Gasteiger partial charge in [-0.2, -0.15) is 5.10 Å². The lowest BCUT2D eigenvalue weighted by Gasteiger charge is -2.27. The molecule has 22 heavy (non-hydrogen) atoms. The van der Waals surface area contributed by atoms with Crippen molar-refractivity contribution in [2.75, 3.05) is 11.4 Å². The summed E-state index contributed by atoms with van der Waals surface area (Å²) in [6.07, 6.45) is 3.06. The third kappa shape index (κ3) is 3.97. The monoisotopic (exact) mass is 368 g/mol. The molecule has 0 aliphatic heterocycles. The topological polar surface area (TPSA) is 59.7 Å². The number of hydrogen-bond donors (Lipinski definition) is 0. The van der Waals surface area contributed by atoms with Crippen molar-refractivity contribution in [2.45, 2.75) is 40.2 Å². The molecular weight excluding hydrogens is 348 g/mol. The fourth-order valence-electron chi connectivity index (χ4n) is 1.93. The summed E-state index contributed by atoms with van der Waals surface area (Å²) in [5, 5.41) is 4.16. The molecule has 0 unspecified atom stereocenters. The predicted molar refractivity (Wildman–Crippen MR) is 89.1 cm³/mol. The summed E-state index contributed by atoms with van der Waals surface area (Å²) in [6.45, 7) is 10.2. The Morgan fingerprint density at radius 3 is 2.73 bits per heavy atom. The van der Waals surface area contributed by atoms with E-state index in [-0.39, 0.29) is 0 Å². The van der Waals surface area contributed by atoms with Gasteiger partial charge in [-0.25, -0.2) is 14.3 Å². The highest BCUT2D eigenvalue weighted by Crippen LogP contribution is 2.21. The average Bonchev–Trinajstić information content (AvgIpc) is 2.75. The molecule has 7 heteroatoms. The molecule has 0 radical (unpaired) electrons. The quantitative estimate of drug-likeness (QED) is 0.824. The van der Waals surface area contributed by atoms with Crippen LogP contribution in [0.2, 0.25) is 0 Å². The summed E-state index contributed by atoms with van der Waals surface area (Å²) in [5.74, 6) is 0.843. The maximum Gasteiger partial charge on any atom is 0.416 e. The molecule has 2 rings (SSSR count). The van der Waals surface area contributed by atoms with Crippen LogP contribution in [0.25, 0.3) is 5.65 Å². The van der Waals surface area contributed by atoms with Crippen molar-refractivity contribution in [1.82, 2.24) is 14.6 Å². The number of rotatable bonds is 3. The van der Waals surface area contributed by atoms with Crippen LogP contribution < -0.4 is 4.90 Å². The first kappa shape index (κ1) is 16.7. The third-order valence-electron chi connectivity index (χ3n) is 2.75.